The van der Waals surface area contributed by atoms with Crippen molar-refractivity contribution in [2.45, 2.75) is 33.2 Å². The molecule has 1 aliphatic rings. The summed E-state index contributed by atoms with van der Waals surface area (Å²) >= 11 is 0. The molecule has 1 fully saturated rings. The van der Waals surface area contributed by atoms with E-state index in [2.05, 4.69) is 5.32 Å². The normalized spacial score (nSPS) is 17.8. The third-order valence-electron chi connectivity index (χ3n) is 3.60. The number of nitrogens with zero attached hydrogens (tertiary/aromatic N) is 1. The van der Waals surface area contributed by atoms with Crippen molar-refractivity contribution in [3.8, 4) is 0 Å². The van der Waals surface area contributed by atoms with E-state index in [-0.39, 0.29) is 30.3 Å². The molecule has 2 amide bonds. The summed E-state index contributed by atoms with van der Waals surface area (Å²) in [7, 11) is 0. The van der Waals surface area contributed by atoms with E-state index in [1.165, 1.54) is 0 Å². The number of likely N-dealkylation sites (tertiary alicyclic amines) is 1. The summed E-state index contributed by atoms with van der Waals surface area (Å²) in [5, 5.41) is 2.85. The summed E-state index contributed by atoms with van der Waals surface area (Å²) in [6.07, 6.45) is 0.822. The molecule has 5 nitrogen and oxygen atoms in total. The van der Waals surface area contributed by atoms with E-state index in [4.69, 9.17) is 5.73 Å². The van der Waals surface area contributed by atoms with Gasteiger partial charge in [0.25, 0.3) is 5.91 Å². The molecular formula is C16H24ClN3O2. The Bertz CT molecular complexity index is 555. The van der Waals surface area contributed by atoms with Crippen LogP contribution in [0.5, 0.6) is 0 Å². The second-order valence-electron chi connectivity index (χ2n) is 6.55. The molecule has 0 aromatic heterocycles. The zero-order valence-electron chi connectivity index (χ0n) is 13.3. The average molecular weight is 326 g/mol. The van der Waals surface area contributed by atoms with Crippen LogP contribution in [-0.4, -0.2) is 35.8 Å². The lowest BCUT2D eigenvalue weighted by Crippen LogP contribution is -2.33. The predicted octanol–water partition coefficient (Wildman–Crippen LogP) is 2.27. The minimum Gasteiger partial charge on any atom is -0.337 e. The highest BCUT2D eigenvalue weighted by atomic mass is 35.5. The molecule has 1 heterocycles. The monoisotopic (exact) mass is 325 g/mol. The number of carbonyl (C=O) groups is 2. The predicted molar refractivity (Wildman–Crippen MR) is 90.3 cm³/mol. The van der Waals surface area contributed by atoms with E-state index in [0.29, 0.717) is 24.3 Å². The Hall–Kier alpha value is -1.59. The first-order valence-electron chi connectivity index (χ1n) is 7.24. The summed E-state index contributed by atoms with van der Waals surface area (Å²) in [6.45, 7) is 6.76. The van der Waals surface area contributed by atoms with Crippen LogP contribution in [0, 0.1) is 5.41 Å². The van der Waals surface area contributed by atoms with Gasteiger partial charge in [-0.05, 0) is 18.6 Å². The van der Waals surface area contributed by atoms with Crippen molar-refractivity contribution in [1.82, 2.24) is 4.90 Å². The van der Waals surface area contributed by atoms with E-state index in [1.54, 1.807) is 23.1 Å². The Labute approximate surface area is 137 Å². The molecule has 0 bridgehead atoms. The van der Waals surface area contributed by atoms with Crippen molar-refractivity contribution in [2.24, 2.45) is 11.1 Å². The maximum Gasteiger partial charge on any atom is 0.256 e. The van der Waals surface area contributed by atoms with Crippen LogP contribution in [0.1, 0.15) is 37.6 Å². The van der Waals surface area contributed by atoms with Gasteiger partial charge in [-0.25, -0.2) is 0 Å². The largest absolute Gasteiger partial charge is 0.337 e. The van der Waals surface area contributed by atoms with Crippen LogP contribution in [0.25, 0.3) is 0 Å². The number of halogens is 1. The number of nitrogens with two attached hydrogens (primary N) is 1. The number of hydrogen-bond acceptors (Lipinski definition) is 3. The van der Waals surface area contributed by atoms with Gasteiger partial charge in [0.1, 0.15) is 0 Å². The van der Waals surface area contributed by atoms with Crippen LogP contribution in [0.4, 0.5) is 5.69 Å². The molecule has 1 aromatic carbocycles. The first-order chi connectivity index (χ1) is 9.79. The molecule has 0 unspecified atom stereocenters. The van der Waals surface area contributed by atoms with Gasteiger partial charge in [-0.1, -0.05) is 32.9 Å². The minimum atomic E-state index is -0.508. The van der Waals surface area contributed by atoms with Crippen molar-refractivity contribution in [3.63, 3.8) is 0 Å². The van der Waals surface area contributed by atoms with Gasteiger partial charge in [0.15, 0.2) is 0 Å². The number of para-hydroxylation sites is 1. The Morgan fingerprint density at radius 3 is 2.45 bits per heavy atom. The molecule has 3 N–H and O–H groups in total. The number of carbonyl (C=O) groups excluding carboxylic acids is 2. The van der Waals surface area contributed by atoms with Crippen molar-refractivity contribution >= 4 is 29.9 Å². The molecule has 2 rings (SSSR count). The van der Waals surface area contributed by atoms with Crippen molar-refractivity contribution in [3.05, 3.63) is 29.8 Å². The van der Waals surface area contributed by atoms with Crippen LogP contribution in [0.2, 0.25) is 0 Å². The summed E-state index contributed by atoms with van der Waals surface area (Å²) in [6, 6.07) is 7.16. The quantitative estimate of drug-likeness (QED) is 0.875. The highest BCUT2D eigenvalue weighted by molar-refractivity contribution is 6.04. The van der Waals surface area contributed by atoms with E-state index >= 15 is 0 Å². The first kappa shape index (κ1) is 18.5. The fourth-order valence-electron chi connectivity index (χ4n) is 2.23. The van der Waals surface area contributed by atoms with Gasteiger partial charge in [0.05, 0.1) is 11.3 Å². The van der Waals surface area contributed by atoms with Crippen LogP contribution in [0.15, 0.2) is 24.3 Å². The Morgan fingerprint density at radius 1 is 1.27 bits per heavy atom. The number of hydrogen-bond donors (Lipinski definition) is 2. The van der Waals surface area contributed by atoms with E-state index in [9.17, 15) is 9.59 Å². The minimum absolute atomic E-state index is 0. The smallest absolute Gasteiger partial charge is 0.256 e. The molecule has 1 atom stereocenters. The van der Waals surface area contributed by atoms with Gasteiger partial charge in [-0.2, -0.15) is 0 Å². The first-order valence-corrected chi connectivity index (χ1v) is 7.24. The van der Waals surface area contributed by atoms with E-state index < -0.39 is 5.41 Å². The van der Waals surface area contributed by atoms with Crippen LogP contribution in [0.3, 0.4) is 0 Å². The molecule has 0 radical (unpaired) electrons. The number of benzene rings is 1. The zero-order valence-corrected chi connectivity index (χ0v) is 14.1. The zero-order chi connectivity index (χ0) is 15.6. The Kier molecular flexibility index (Phi) is 5.97. The van der Waals surface area contributed by atoms with Crippen molar-refractivity contribution < 1.29 is 9.59 Å². The summed E-state index contributed by atoms with van der Waals surface area (Å²) in [5.74, 6) is -0.186. The van der Waals surface area contributed by atoms with Gasteiger partial charge in [0.2, 0.25) is 5.91 Å². The number of nitrogens with one attached hydrogen (secondary N) is 1. The molecule has 0 aliphatic carbocycles. The van der Waals surface area contributed by atoms with Gasteiger partial charge in [-0.15, -0.1) is 12.4 Å². The standard InChI is InChI=1S/C16H23N3O2.ClH/c1-16(2,3)15(21)18-13-7-5-4-6-12(13)14(20)19-9-8-11(17)10-19;/h4-7,11H,8-10,17H2,1-3H3,(H,18,21);1H/t11-;/m1./s1. The van der Waals surface area contributed by atoms with Crippen molar-refractivity contribution in [1.29, 1.82) is 0 Å². The molecule has 1 aromatic rings. The number of amides is 2. The summed E-state index contributed by atoms with van der Waals surface area (Å²) in [4.78, 5) is 26.4. The lowest BCUT2D eigenvalue weighted by molar-refractivity contribution is -0.123. The molecule has 0 spiro atoms. The SMILES string of the molecule is CC(C)(C)C(=O)Nc1ccccc1C(=O)N1CC[C@@H](N)C1.Cl. The fourth-order valence-corrected chi connectivity index (χ4v) is 2.23. The van der Waals surface area contributed by atoms with E-state index in [0.717, 1.165) is 6.42 Å². The Balaban J connectivity index is 0.00000242. The molecule has 1 aliphatic heterocycles. The lowest BCUT2D eigenvalue weighted by Gasteiger charge is -2.21. The van der Waals surface area contributed by atoms with Crippen LogP contribution >= 0.6 is 12.4 Å². The van der Waals surface area contributed by atoms with Crippen LogP contribution < -0.4 is 11.1 Å². The average Bonchev–Trinajstić information content (AvgIpc) is 2.84. The number of anilines is 1. The van der Waals surface area contributed by atoms with E-state index in [1.807, 2.05) is 26.8 Å². The van der Waals surface area contributed by atoms with Gasteiger partial charge >= 0.3 is 0 Å². The maximum atomic E-state index is 12.6. The van der Waals surface area contributed by atoms with Crippen molar-refractivity contribution in [2.75, 3.05) is 18.4 Å². The third-order valence-corrected chi connectivity index (χ3v) is 3.60. The maximum absolute atomic E-state index is 12.6. The summed E-state index contributed by atoms with van der Waals surface area (Å²) in [5.41, 5.74) is 6.42. The topological polar surface area (TPSA) is 75.4 Å². The lowest BCUT2D eigenvalue weighted by atomic mass is 9.95. The second kappa shape index (κ2) is 7.11. The molecule has 122 valence electrons. The fraction of sp³-hybridized carbons (Fsp3) is 0.500. The third kappa shape index (κ3) is 4.21. The van der Waals surface area contributed by atoms with Gasteiger partial charge < -0.3 is 16.0 Å². The summed E-state index contributed by atoms with van der Waals surface area (Å²) < 4.78 is 0. The molecular weight excluding hydrogens is 302 g/mol. The van der Waals surface area contributed by atoms with Gasteiger partial charge in [0, 0.05) is 24.5 Å². The molecule has 6 heteroatoms. The number of rotatable bonds is 2. The molecule has 22 heavy (non-hydrogen) atoms. The van der Waals surface area contributed by atoms with Crippen LogP contribution in [-0.2, 0) is 4.79 Å². The highest BCUT2D eigenvalue weighted by Gasteiger charge is 2.27. The molecule has 1 saturated heterocycles. The molecule has 0 saturated carbocycles. The van der Waals surface area contributed by atoms with Gasteiger partial charge in [-0.3, -0.25) is 9.59 Å². The highest BCUT2D eigenvalue weighted by Crippen LogP contribution is 2.23. The Morgan fingerprint density at radius 2 is 1.91 bits per heavy atom. The second-order valence-corrected chi connectivity index (χ2v) is 6.55.